The van der Waals surface area contributed by atoms with Crippen LogP contribution < -0.4 is 21.3 Å². The van der Waals surface area contributed by atoms with Gasteiger partial charge in [-0.15, -0.1) is 0 Å². The molecule has 2 aromatic carbocycles. The molecular weight excluding hydrogens is 576 g/mol. The van der Waals surface area contributed by atoms with Crippen molar-refractivity contribution >= 4 is 23.5 Å². The number of hydrogen-bond acceptors (Lipinski definition) is 11. The van der Waals surface area contributed by atoms with Crippen LogP contribution in [0.2, 0.25) is 0 Å². The van der Waals surface area contributed by atoms with Crippen molar-refractivity contribution in [1.82, 2.24) is 29.7 Å². The van der Waals surface area contributed by atoms with Gasteiger partial charge in [-0.1, -0.05) is 50.2 Å². The first kappa shape index (κ1) is 32.9. The number of likely N-dealkylation sites (N-methyl/N-ethyl adjacent to an activating group) is 2. The van der Waals surface area contributed by atoms with Gasteiger partial charge in [-0.3, -0.25) is 0 Å². The number of nitrogen functional groups attached to an aromatic ring is 2. The van der Waals surface area contributed by atoms with Crippen molar-refractivity contribution in [3.63, 3.8) is 0 Å². The van der Waals surface area contributed by atoms with E-state index in [1.165, 1.54) is 11.1 Å². The second-order valence-electron chi connectivity index (χ2n) is 12.7. The van der Waals surface area contributed by atoms with Crippen molar-refractivity contribution in [2.75, 3.05) is 87.7 Å². The van der Waals surface area contributed by atoms with Gasteiger partial charge >= 0.3 is 0 Å². The lowest BCUT2D eigenvalue weighted by Crippen LogP contribution is -2.45. The monoisotopic (exact) mass is 624 g/mol. The molecule has 244 valence electrons. The van der Waals surface area contributed by atoms with Crippen LogP contribution in [0.5, 0.6) is 5.75 Å². The predicted octanol–water partition coefficient (Wildman–Crippen LogP) is 3.63. The van der Waals surface area contributed by atoms with Crippen molar-refractivity contribution in [3.05, 3.63) is 88.7 Å². The summed E-state index contributed by atoms with van der Waals surface area (Å²) in [6, 6.07) is 16.1. The van der Waals surface area contributed by atoms with Crippen LogP contribution in [-0.4, -0.2) is 101 Å². The molecule has 0 spiro atoms. The molecule has 0 bridgehead atoms. The smallest absolute Gasteiger partial charge is 0.221 e. The van der Waals surface area contributed by atoms with E-state index in [9.17, 15) is 5.11 Å². The fourth-order valence-electron chi connectivity index (χ4n) is 5.73. The largest absolute Gasteiger partial charge is 0.508 e. The van der Waals surface area contributed by atoms with E-state index in [4.69, 9.17) is 11.5 Å². The van der Waals surface area contributed by atoms with Crippen LogP contribution in [0, 0.1) is 0 Å². The minimum absolute atomic E-state index is 0.275. The van der Waals surface area contributed by atoms with Crippen molar-refractivity contribution in [2.24, 2.45) is 0 Å². The Balaban J connectivity index is 0.000000182. The van der Waals surface area contributed by atoms with Gasteiger partial charge < -0.3 is 36.2 Å². The van der Waals surface area contributed by atoms with Crippen molar-refractivity contribution in [2.45, 2.75) is 32.6 Å². The first-order valence-electron chi connectivity index (χ1n) is 16.1. The fourth-order valence-corrected chi connectivity index (χ4v) is 5.73. The molecule has 0 radical (unpaired) electrons. The van der Waals surface area contributed by atoms with Crippen LogP contribution in [0.25, 0.3) is 0 Å². The molecule has 2 aliphatic rings. The third kappa shape index (κ3) is 8.82. The van der Waals surface area contributed by atoms with Gasteiger partial charge in [-0.2, -0.15) is 9.97 Å². The van der Waals surface area contributed by atoms with Gasteiger partial charge in [0.2, 0.25) is 11.9 Å². The molecule has 0 saturated carbocycles. The summed E-state index contributed by atoms with van der Waals surface area (Å²) < 4.78 is 0. The van der Waals surface area contributed by atoms with Gasteiger partial charge in [0.1, 0.15) is 17.4 Å². The molecule has 6 rings (SSSR count). The Morgan fingerprint density at radius 3 is 1.41 bits per heavy atom. The maximum Gasteiger partial charge on any atom is 0.221 e. The average molecular weight is 625 g/mol. The zero-order valence-electron chi connectivity index (χ0n) is 27.6. The minimum Gasteiger partial charge on any atom is -0.508 e. The molecule has 2 aliphatic heterocycles. The molecular formula is C35H48N10O. The molecule has 4 heterocycles. The topological polar surface area (TPSA) is 137 Å². The van der Waals surface area contributed by atoms with Gasteiger partial charge in [0.25, 0.3) is 0 Å². The van der Waals surface area contributed by atoms with E-state index in [2.05, 4.69) is 91.7 Å². The minimum atomic E-state index is 0.275. The van der Waals surface area contributed by atoms with Gasteiger partial charge in [0, 0.05) is 88.7 Å². The Morgan fingerprint density at radius 1 is 0.630 bits per heavy atom. The number of phenols is 1. The molecule has 2 aromatic heterocycles. The van der Waals surface area contributed by atoms with Gasteiger partial charge in [-0.25, -0.2) is 9.97 Å². The standard InChI is InChI=1S/C19H27N5.C16H21N5O/c1-14(2)16-6-4-15(5-7-16)12-17-13-21-19(20)22-18(17)24-10-8-23(3)9-11-24;1-20-6-8-21(9-7-20)15-13(11-18-16(17)19-15)10-12-2-4-14(22)5-3-12/h4-7,13-14H,8-12H2,1-3H3,(H2,20,21,22);2-5,11,22H,6-10H2,1H3,(H2,17,18,19). The number of aromatic nitrogens is 4. The van der Waals surface area contributed by atoms with E-state index in [1.807, 2.05) is 24.5 Å². The summed E-state index contributed by atoms with van der Waals surface area (Å²) in [5.41, 5.74) is 17.6. The van der Waals surface area contributed by atoms with E-state index < -0.39 is 0 Å². The summed E-state index contributed by atoms with van der Waals surface area (Å²) in [6.45, 7) is 12.4. The Bertz CT molecular complexity index is 1550. The van der Waals surface area contributed by atoms with Crippen LogP contribution in [0.1, 0.15) is 47.6 Å². The van der Waals surface area contributed by atoms with Crippen molar-refractivity contribution < 1.29 is 5.11 Å². The molecule has 4 aromatic rings. The zero-order chi connectivity index (χ0) is 32.6. The van der Waals surface area contributed by atoms with Gasteiger partial charge in [0.05, 0.1) is 0 Å². The molecule has 46 heavy (non-hydrogen) atoms. The maximum atomic E-state index is 9.39. The average Bonchev–Trinajstić information content (AvgIpc) is 3.05. The zero-order valence-corrected chi connectivity index (χ0v) is 27.6. The Hall–Kier alpha value is -4.48. The number of nitrogens with zero attached hydrogens (tertiary/aromatic N) is 8. The summed E-state index contributed by atoms with van der Waals surface area (Å²) >= 11 is 0. The highest BCUT2D eigenvalue weighted by atomic mass is 16.3. The molecule has 11 nitrogen and oxygen atoms in total. The van der Waals surface area contributed by atoms with Crippen molar-refractivity contribution in [3.8, 4) is 5.75 Å². The molecule has 11 heteroatoms. The third-order valence-electron chi connectivity index (χ3n) is 8.70. The van der Waals surface area contributed by atoms with E-state index in [-0.39, 0.29) is 5.75 Å². The molecule has 2 fully saturated rings. The lowest BCUT2D eigenvalue weighted by atomic mass is 9.99. The fraction of sp³-hybridized carbons (Fsp3) is 0.429. The highest BCUT2D eigenvalue weighted by Gasteiger charge is 2.20. The number of nitrogens with two attached hydrogens (primary N) is 2. The first-order chi connectivity index (χ1) is 22.1. The van der Waals surface area contributed by atoms with E-state index in [0.29, 0.717) is 17.8 Å². The number of phenolic OH excluding ortho intramolecular Hbond substituents is 1. The molecule has 0 atom stereocenters. The second kappa shape index (κ2) is 15.2. The number of rotatable bonds is 7. The Labute approximate surface area is 272 Å². The van der Waals surface area contributed by atoms with Crippen LogP contribution in [0.4, 0.5) is 23.5 Å². The summed E-state index contributed by atoms with van der Waals surface area (Å²) in [5.74, 6) is 3.40. The molecule has 0 unspecified atom stereocenters. The van der Waals surface area contributed by atoms with E-state index in [0.717, 1.165) is 93.5 Å². The SMILES string of the molecule is CC(C)c1ccc(Cc2cnc(N)nc2N2CCN(C)CC2)cc1.CN1CCN(c2nc(N)ncc2Cc2ccc(O)cc2)CC1. The quantitative estimate of drug-likeness (QED) is 0.278. The maximum absolute atomic E-state index is 9.39. The number of anilines is 4. The van der Waals surface area contributed by atoms with Crippen LogP contribution in [-0.2, 0) is 12.8 Å². The summed E-state index contributed by atoms with van der Waals surface area (Å²) in [6.07, 6.45) is 5.25. The summed E-state index contributed by atoms with van der Waals surface area (Å²) in [4.78, 5) is 26.6. The highest BCUT2D eigenvalue weighted by Crippen LogP contribution is 2.25. The number of hydrogen-bond donors (Lipinski definition) is 3. The van der Waals surface area contributed by atoms with Gasteiger partial charge in [-0.05, 0) is 48.8 Å². The van der Waals surface area contributed by atoms with Crippen LogP contribution in [0.3, 0.4) is 0 Å². The summed E-state index contributed by atoms with van der Waals surface area (Å²) in [5, 5.41) is 9.39. The van der Waals surface area contributed by atoms with Crippen LogP contribution >= 0.6 is 0 Å². The molecule has 0 amide bonds. The van der Waals surface area contributed by atoms with Gasteiger partial charge in [0.15, 0.2) is 0 Å². The number of piperazine rings is 2. The summed E-state index contributed by atoms with van der Waals surface area (Å²) in [7, 11) is 4.28. The van der Waals surface area contributed by atoms with Crippen LogP contribution in [0.15, 0.2) is 60.9 Å². The lowest BCUT2D eigenvalue weighted by molar-refractivity contribution is 0.312. The van der Waals surface area contributed by atoms with E-state index >= 15 is 0 Å². The van der Waals surface area contributed by atoms with Crippen molar-refractivity contribution in [1.29, 1.82) is 0 Å². The molecule has 2 saturated heterocycles. The Morgan fingerprint density at radius 2 is 1.02 bits per heavy atom. The molecule has 0 aliphatic carbocycles. The van der Waals surface area contributed by atoms with E-state index in [1.54, 1.807) is 12.1 Å². The lowest BCUT2D eigenvalue weighted by Gasteiger charge is -2.34. The normalized spacial score (nSPS) is 15.9. The first-order valence-corrected chi connectivity index (χ1v) is 16.1. The second-order valence-corrected chi connectivity index (χ2v) is 12.7. The third-order valence-corrected chi connectivity index (χ3v) is 8.70. The number of aromatic hydroxyl groups is 1. The Kier molecular flexibility index (Phi) is 10.9. The highest BCUT2D eigenvalue weighted by molar-refractivity contribution is 5.52. The molecule has 5 N–H and O–H groups in total. The number of benzene rings is 2. The predicted molar refractivity (Wildman–Crippen MR) is 187 cm³/mol.